The average molecular weight is 277 g/mol. The van der Waals surface area contributed by atoms with Gasteiger partial charge in [0.15, 0.2) is 0 Å². The molecule has 0 spiro atoms. The largest absolute Gasteiger partial charge is 0.390 e. The number of benzene rings is 1. The maximum Gasteiger partial charge on any atom is 0.0804 e. The molecule has 0 radical (unpaired) electrons. The molecule has 1 aliphatic heterocycles. The van der Waals surface area contributed by atoms with Crippen molar-refractivity contribution in [3.63, 3.8) is 0 Å². The van der Waals surface area contributed by atoms with E-state index in [4.69, 9.17) is 0 Å². The molecule has 112 valence electrons. The van der Waals surface area contributed by atoms with Crippen molar-refractivity contribution in [1.29, 1.82) is 0 Å². The first kappa shape index (κ1) is 15.5. The van der Waals surface area contributed by atoms with Gasteiger partial charge in [-0.15, -0.1) is 0 Å². The van der Waals surface area contributed by atoms with E-state index in [1.165, 1.54) is 0 Å². The lowest BCUT2D eigenvalue weighted by molar-refractivity contribution is 0.0441. The van der Waals surface area contributed by atoms with E-state index in [-0.39, 0.29) is 6.10 Å². The van der Waals surface area contributed by atoms with E-state index in [0.29, 0.717) is 0 Å². The summed E-state index contributed by atoms with van der Waals surface area (Å²) >= 11 is 0. The van der Waals surface area contributed by atoms with Crippen LogP contribution in [0.1, 0.15) is 49.8 Å². The van der Waals surface area contributed by atoms with Crippen molar-refractivity contribution < 1.29 is 10.2 Å². The minimum absolute atomic E-state index is 0.389. The summed E-state index contributed by atoms with van der Waals surface area (Å²) in [6.45, 7) is 6.82. The molecule has 2 atom stereocenters. The SMILES string of the molecule is Cc1ccccc1C(O)CCN1CCCC(C)(O)CC1. The first-order valence-electron chi connectivity index (χ1n) is 7.66. The molecular formula is C17H27NO2. The molecule has 0 saturated carbocycles. The molecule has 0 aliphatic carbocycles. The van der Waals surface area contributed by atoms with Gasteiger partial charge < -0.3 is 15.1 Å². The van der Waals surface area contributed by atoms with Gasteiger partial charge in [-0.3, -0.25) is 0 Å². The highest BCUT2D eigenvalue weighted by atomic mass is 16.3. The Morgan fingerprint density at radius 2 is 2.00 bits per heavy atom. The van der Waals surface area contributed by atoms with Gasteiger partial charge in [-0.25, -0.2) is 0 Å². The van der Waals surface area contributed by atoms with Gasteiger partial charge in [0, 0.05) is 13.1 Å². The highest BCUT2D eigenvalue weighted by molar-refractivity contribution is 5.27. The van der Waals surface area contributed by atoms with Gasteiger partial charge in [-0.1, -0.05) is 24.3 Å². The molecule has 20 heavy (non-hydrogen) atoms. The van der Waals surface area contributed by atoms with Crippen LogP contribution in [-0.2, 0) is 0 Å². The summed E-state index contributed by atoms with van der Waals surface area (Å²) in [4.78, 5) is 2.36. The van der Waals surface area contributed by atoms with Crippen molar-refractivity contribution >= 4 is 0 Å². The molecule has 1 heterocycles. The zero-order valence-corrected chi connectivity index (χ0v) is 12.7. The van der Waals surface area contributed by atoms with Crippen LogP contribution >= 0.6 is 0 Å². The van der Waals surface area contributed by atoms with Crippen molar-refractivity contribution in [2.75, 3.05) is 19.6 Å². The molecule has 2 N–H and O–H groups in total. The lowest BCUT2D eigenvalue weighted by Gasteiger charge is -2.23. The second-order valence-electron chi connectivity index (χ2n) is 6.35. The van der Waals surface area contributed by atoms with Crippen LogP contribution in [0.3, 0.4) is 0 Å². The Kier molecular flexibility index (Phi) is 5.19. The molecular weight excluding hydrogens is 250 g/mol. The molecule has 1 fully saturated rings. The van der Waals surface area contributed by atoms with Crippen LogP contribution in [0.25, 0.3) is 0 Å². The van der Waals surface area contributed by atoms with Crippen molar-refractivity contribution in [3.8, 4) is 0 Å². The summed E-state index contributed by atoms with van der Waals surface area (Å²) in [6, 6.07) is 8.03. The average Bonchev–Trinajstić information content (AvgIpc) is 2.57. The quantitative estimate of drug-likeness (QED) is 0.889. The van der Waals surface area contributed by atoms with E-state index >= 15 is 0 Å². The Morgan fingerprint density at radius 3 is 2.75 bits per heavy atom. The van der Waals surface area contributed by atoms with E-state index in [1.807, 2.05) is 38.1 Å². The molecule has 0 amide bonds. The fourth-order valence-corrected chi connectivity index (χ4v) is 2.96. The molecule has 0 bridgehead atoms. The first-order chi connectivity index (χ1) is 9.48. The summed E-state index contributed by atoms with van der Waals surface area (Å²) in [5.74, 6) is 0. The Morgan fingerprint density at radius 1 is 1.25 bits per heavy atom. The maximum atomic E-state index is 10.3. The van der Waals surface area contributed by atoms with Gasteiger partial charge in [0.25, 0.3) is 0 Å². The number of nitrogens with zero attached hydrogens (tertiary/aromatic N) is 1. The number of aliphatic hydroxyl groups excluding tert-OH is 1. The molecule has 1 aliphatic rings. The number of aliphatic hydroxyl groups is 2. The summed E-state index contributed by atoms with van der Waals surface area (Å²) in [5.41, 5.74) is 1.68. The number of likely N-dealkylation sites (tertiary alicyclic amines) is 1. The zero-order valence-electron chi connectivity index (χ0n) is 12.7. The van der Waals surface area contributed by atoms with Crippen molar-refractivity contribution in [2.45, 2.75) is 51.2 Å². The van der Waals surface area contributed by atoms with Gasteiger partial charge in [-0.05, 0) is 57.2 Å². The summed E-state index contributed by atoms with van der Waals surface area (Å²) in [5, 5.41) is 20.4. The fourth-order valence-electron chi connectivity index (χ4n) is 2.96. The third kappa shape index (κ3) is 4.30. The smallest absolute Gasteiger partial charge is 0.0804 e. The van der Waals surface area contributed by atoms with E-state index in [0.717, 1.165) is 56.4 Å². The number of hydrogen-bond acceptors (Lipinski definition) is 3. The summed E-state index contributed by atoms with van der Waals surface area (Å²) in [7, 11) is 0. The van der Waals surface area contributed by atoms with Gasteiger partial charge >= 0.3 is 0 Å². The Balaban J connectivity index is 1.84. The highest BCUT2D eigenvalue weighted by Crippen LogP contribution is 2.24. The molecule has 3 heteroatoms. The minimum Gasteiger partial charge on any atom is -0.390 e. The van der Waals surface area contributed by atoms with Crippen molar-refractivity contribution in [2.24, 2.45) is 0 Å². The summed E-state index contributed by atoms with van der Waals surface area (Å²) < 4.78 is 0. The zero-order chi connectivity index (χ0) is 14.6. The molecule has 3 nitrogen and oxygen atoms in total. The lowest BCUT2D eigenvalue weighted by Crippen LogP contribution is -2.29. The molecule has 1 aromatic rings. The lowest BCUT2D eigenvalue weighted by atomic mass is 9.98. The van der Waals surface area contributed by atoms with Gasteiger partial charge in [-0.2, -0.15) is 0 Å². The molecule has 1 aromatic carbocycles. The monoisotopic (exact) mass is 277 g/mol. The van der Waals surface area contributed by atoms with E-state index < -0.39 is 5.60 Å². The van der Waals surface area contributed by atoms with Crippen LogP contribution in [-0.4, -0.2) is 40.3 Å². The molecule has 2 rings (SSSR count). The third-order valence-corrected chi connectivity index (χ3v) is 4.42. The molecule has 0 aromatic heterocycles. The van der Waals surface area contributed by atoms with Crippen molar-refractivity contribution in [1.82, 2.24) is 4.90 Å². The predicted molar refractivity (Wildman–Crippen MR) is 81.7 cm³/mol. The number of aryl methyl sites for hydroxylation is 1. The Hall–Kier alpha value is -0.900. The molecule has 2 unspecified atom stereocenters. The van der Waals surface area contributed by atoms with E-state index in [9.17, 15) is 10.2 Å². The van der Waals surface area contributed by atoms with Gasteiger partial charge in [0.1, 0.15) is 0 Å². The van der Waals surface area contributed by atoms with E-state index in [2.05, 4.69) is 4.90 Å². The van der Waals surface area contributed by atoms with Crippen LogP contribution in [0.4, 0.5) is 0 Å². The predicted octanol–water partition coefficient (Wildman–Crippen LogP) is 2.66. The standard InChI is InChI=1S/C17H27NO2/c1-14-6-3-4-7-15(14)16(19)8-12-18-11-5-9-17(2,20)10-13-18/h3-4,6-7,16,19-20H,5,8-13H2,1-2H3. The normalized spacial score (nSPS) is 26.2. The Bertz CT molecular complexity index is 431. The van der Waals surface area contributed by atoms with Crippen LogP contribution in [0.2, 0.25) is 0 Å². The second-order valence-corrected chi connectivity index (χ2v) is 6.35. The Labute approximate surface area is 122 Å². The number of rotatable bonds is 4. The summed E-state index contributed by atoms with van der Waals surface area (Å²) in [6.07, 6.45) is 3.11. The second kappa shape index (κ2) is 6.70. The molecule has 1 saturated heterocycles. The fraction of sp³-hybridized carbons (Fsp3) is 0.647. The highest BCUT2D eigenvalue weighted by Gasteiger charge is 2.25. The van der Waals surface area contributed by atoms with Crippen LogP contribution < -0.4 is 0 Å². The van der Waals surface area contributed by atoms with Crippen LogP contribution in [0.5, 0.6) is 0 Å². The minimum atomic E-state index is -0.511. The topological polar surface area (TPSA) is 43.7 Å². The van der Waals surface area contributed by atoms with Crippen LogP contribution in [0.15, 0.2) is 24.3 Å². The first-order valence-corrected chi connectivity index (χ1v) is 7.66. The van der Waals surface area contributed by atoms with Crippen molar-refractivity contribution in [3.05, 3.63) is 35.4 Å². The van der Waals surface area contributed by atoms with Gasteiger partial charge in [0.2, 0.25) is 0 Å². The van der Waals surface area contributed by atoms with Crippen LogP contribution in [0, 0.1) is 6.92 Å². The van der Waals surface area contributed by atoms with Gasteiger partial charge in [0.05, 0.1) is 11.7 Å². The number of hydrogen-bond donors (Lipinski definition) is 2. The maximum absolute atomic E-state index is 10.3. The van der Waals surface area contributed by atoms with E-state index in [1.54, 1.807) is 0 Å². The third-order valence-electron chi connectivity index (χ3n) is 4.42.